The summed E-state index contributed by atoms with van der Waals surface area (Å²) in [5, 5.41) is 3.27. The van der Waals surface area contributed by atoms with Crippen LogP contribution in [0.25, 0.3) is 0 Å². The Hall–Kier alpha value is -0.130. The van der Waals surface area contributed by atoms with Crippen LogP contribution in [0.15, 0.2) is 0 Å². The normalized spacial score (nSPS) is 33.7. The van der Waals surface area contributed by atoms with E-state index in [1.165, 1.54) is 19.3 Å². The van der Waals surface area contributed by atoms with Crippen molar-refractivity contribution < 1.29 is 8.42 Å². The van der Waals surface area contributed by atoms with Crippen LogP contribution >= 0.6 is 0 Å². The van der Waals surface area contributed by atoms with Crippen molar-refractivity contribution in [2.75, 3.05) is 25.4 Å². The van der Waals surface area contributed by atoms with Gasteiger partial charge >= 0.3 is 0 Å². The molecule has 1 aliphatic carbocycles. The SMILES string of the molecule is CC1CCC(CNS(=O)(=O)CC2CCCNC2)C1. The fraction of sp³-hybridized carbons (Fsp3) is 1.00. The molecule has 0 aromatic heterocycles. The lowest BCUT2D eigenvalue weighted by Crippen LogP contribution is -2.38. The van der Waals surface area contributed by atoms with E-state index in [9.17, 15) is 8.42 Å². The molecular formula is C13H26N2O2S. The van der Waals surface area contributed by atoms with E-state index in [1.807, 2.05) is 0 Å². The van der Waals surface area contributed by atoms with Crippen molar-refractivity contribution in [2.24, 2.45) is 17.8 Å². The summed E-state index contributed by atoms with van der Waals surface area (Å²) in [5.41, 5.74) is 0. The summed E-state index contributed by atoms with van der Waals surface area (Å²) in [5.74, 6) is 1.91. The molecule has 0 bridgehead atoms. The molecule has 3 atom stereocenters. The predicted octanol–water partition coefficient (Wildman–Crippen LogP) is 1.34. The van der Waals surface area contributed by atoms with Crippen LogP contribution in [0.1, 0.15) is 39.0 Å². The van der Waals surface area contributed by atoms with Gasteiger partial charge in [-0.25, -0.2) is 13.1 Å². The van der Waals surface area contributed by atoms with Crippen LogP contribution in [0.4, 0.5) is 0 Å². The highest BCUT2D eigenvalue weighted by Crippen LogP contribution is 2.29. The first-order valence-corrected chi connectivity index (χ1v) is 8.88. The molecule has 5 heteroatoms. The van der Waals surface area contributed by atoms with Gasteiger partial charge in [0, 0.05) is 6.54 Å². The van der Waals surface area contributed by atoms with Crippen LogP contribution in [-0.4, -0.2) is 33.8 Å². The second kappa shape index (κ2) is 6.35. The lowest BCUT2D eigenvalue weighted by atomic mass is 10.0. The van der Waals surface area contributed by atoms with Crippen LogP contribution in [0.3, 0.4) is 0 Å². The summed E-state index contributed by atoms with van der Waals surface area (Å²) in [6.07, 6.45) is 5.73. The minimum absolute atomic E-state index is 0.291. The van der Waals surface area contributed by atoms with Gasteiger partial charge in [-0.15, -0.1) is 0 Å². The molecule has 18 heavy (non-hydrogen) atoms. The Balaban J connectivity index is 1.73. The lowest BCUT2D eigenvalue weighted by Gasteiger charge is -2.23. The highest BCUT2D eigenvalue weighted by molar-refractivity contribution is 7.89. The van der Waals surface area contributed by atoms with Gasteiger partial charge in [0.2, 0.25) is 10.0 Å². The van der Waals surface area contributed by atoms with Gasteiger partial charge in [0.1, 0.15) is 0 Å². The molecule has 1 saturated heterocycles. The van der Waals surface area contributed by atoms with E-state index in [-0.39, 0.29) is 0 Å². The second-order valence-corrected chi connectivity index (χ2v) is 7.98. The molecule has 1 aliphatic heterocycles. The summed E-state index contributed by atoms with van der Waals surface area (Å²) in [4.78, 5) is 0. The first kappa shape index (κ1) is 14.3. The smallest absolute Gasteiger partial charge is 0.211 e. The second-order valence-electron chi connectivity index (χ2n) is 6.13. The van der Waals surface area contributed by atoms with Crippen molar-refractivity contribution in [1.82, 2.24) is 10.0 Å². The van der Waals surface area contributed by atoms with Crippen LogP contribution in [0.5, 0.6) is 0 Å². The average Bonchev–Trinajstić information content (AvgIpc) is 2.74. The van der Waals surface area contributed by atoms with E-state index in [0.29, 0.717) is 24.1 Å². The third-order valence-corrected chi connectivity index (χ3v) is 5.77. The Morgan fingerprint density at radius 2 is 2.06 bits per heavy atom. The van der Waals surface area contributed by atoms with E-state index in [0.717, 1.165) is 31.8 Å². The molecule has 2 aliphatic rings. The highest BCUT2D eigenvalue weighted by atomic mass is 32.2. The molecule has 4 nitrogen and oxygen atoms in total. The zero-order chi connectivity index (χ0) is 13.0. The summed E-state index contributed by atoms with van der Waals surface area (Å²) in [6.45, 7) is 4.78. The number of piperidine rings is 1. The van der Waals surface area contributed by atoms with Crippen molar-refractivity contribution in [3.63, 3.8) is 0 Å². The third-order valence-electron chi connectivity index (χ3n) is 4.25. The number of nitrogens with one attached hydrogen (secondary N) is 2. The maximum absolute atomic E-state index is 12.0. The van der Waals surface area contributed by atoms with Gasteiger partial charge in [-0.05, 0) is 56.5 Å². The minimum Gasteiger partial charge on any atom is -0.316 e. The number of hydrogen-bond acceptors (Lipinski definition) is 3. The monoisotopic (exact) mass is 274 g/mol. The van der Waals surface area contributed by atoms with Crippen molar-refractivity contribution in [3.05, 3.63) is 0 Å². The molecule has 2 rings (SSSR count). The molecule has 0 aromatic rings. The number of rotatable bonds is 5. The fourth-order valence-corrected chi connectivity index (χ4v) is 4.70. The van der Waals surface area contributed by atoms with Gasteiger partial charge in [-0.3, -0.25) is 0 Å². The molecule has 0 radical (unpaired) electrons. The van der Waals surface area contributed by atoms with E-state index in [2.05, 4.69) is 17.0 Å². The highest BCUT2D eigenvalue weighted by Gasteiger charge is 2.25. The maximum Gasteiger partial charge on any atom is 0.211 e. The molecule has 1 heterocycles. The largest absolute Gasteiger partial charge is 0.316 e. The topological polar surface area (TPSA) is 58.2 Å². The van der Waals surface area contributed by atoms with Gasteiger partial charge in [0.05, 0.1) is 5.75 Å². The van der Waals surface area contributed by atoms with E-state index >= 15 is 0 Å². The zero-order valence-corrected chi connectivity index (χ0v) is 12.1. The van der Waals surface area contributed by atoms with Gasteiger partial charge in [-0.2, -0.15) is 0 Å². The molecule has 2 fully saturated rings. The lowest BCUT2D eigenvalue weighted by molar-refractivity contribution is 0.401. The van der Waals surface area contributed by atoms with Crippen LogP contribution in [0, 0.1) is 17.8 Å². The number of hydrogen-bond donors (Lipinski definition) is 2. The Morgan fingerprint density at radius 1 is 1.22 bits per heavy atom. The quantitative estimate of drug-likeness (QED) is 0.795. The van der Waals surface area contributed by atoms with Crippen molar-refractivity contribution in [2.45, 2.75) is 39.0 Å². The van der Waals surface area contributed by atoms with E-state index < -0.39 is 10.0 Å². The number of sulfonamides is 1. The molecule has 106 valence electrons. The molecule has 3 unspecified atom stereocenters. The molecule has 0 amide bonds. The van der Waals surface area contributed by atoms with Gasteiger partial charge in [0.25, 0.3) is 0 Å². The summed E-state index contributed by atoms with van der Waals surface area (Å²) >= 11 is 0. The first-order valence-electron chi connectivity index (χ1n) is 7.23. The molecule has 0 spiro atoms. The Morgan fingerprint density at radius 3 is 2.67 bits per heavy atom. The average molecular weight is 274 g/mol. The molecular weight excluding hydrogens is 248 g/mol. The zero-order valence-electron chi connectivity index (χ0n) is 11.3. The van der Waals surface area contributed by atoms with Crippen LogP contribution < -0.4 is 10.0 Å². The van der Waals surface area contributed by atoms with Crippen LogP contribution in [0.2, 0.25) is 0 Å². The van der Waals surface area contributed by atoms with Crippen molar-refractivity contribution in [1.29, 1.82) is 0 Å². The summed E-state index contributed by atoms with van der Waals surface area (Å²) in [7, 11) is -3.08. The van der Waals surface area contributed by atoms with E-state index in [1.54, 1.807) is 0 Å². The maximum atomic E-state index is 12.0. The van der Waals surface area contributed by atoms with Gasteiger partial charge in [-0.1, -0.05) is 13.3 Å². The van der Waals surface area contributed by atoms with Gasteiger partial charge in [0.15, 0.2) is 0 Å². The van der Waals surface area contributed by atoms with Crippen LogP contribution in [-0.2, 0) is 10.0 Å². The predicted molar refractivity (Wildman–Crippen MR) is 73.9 cm³/mol. The molecule has 1 saturated carbocycles. The van der Waals surface area contributed by atoms with Gasteiger partial charge < -0.3 is 5.32 Å². The third kappa shape index (κ3) is 4.52. The summed E-state index contributed by atoms with van der Waals surface area (Å²) < 4.78 is 26.8. The standard InChI is InChI=1S/C13H26N2O2S/c1-11-4-5-12(7-11)9-15-18(16,17)10-13-3-2-6-14-8-13/h11-15H,2-10H2,1H3. The first-order chi connectivity index (χ1) is 8.55. The summed E-state index contributed by atoms with van der Waals surface area (Å²) in [6, 6.07) is 0. The Bertz CT molecular complexity index is 350. The van der Waals surface area contributed by atoms with E-state index in [4.69, 9.17) is 0 Å². The van der Waals surface area contributed by atoms with Crippen molar-refractivity contribution in [3.8, 4) is 0 Å². The Kier molecular flexibility index (Phi) is 5.04. The molecule has 0 aromatic carbocycles. The minimum atomic E-state index is -3.08. The fourth-order valence-electron chi connectivity index (χ4n) is 3.19. The Labute approximate surface area is 111 Å². The molecule has 2 N–H and O–H groups in total. The van der Waals surface area contributed by atoms with Crippen molar-refractivity contribution >= 4 is 10.0 Å².